The van der Waals surface area contributed by atoms with Gasteiger partial charge in [0.2, 0.25) is 42.5 Å². The molecule has 54 heteroatoms. The lowest BCUT2D eigenvalue weighted by Crippen LogP contribution is -2.61. The lowest BCUT2D eigenvalue weighted by Gasteiger charge is -2.38. The molecule has 6 heterocycles. The standard InChI is InChI=1S/C32H43N3O15.C32H44N2O14.C29H38N2O14.O3S/c1-17(34-21(36)9-11-35-22(37)7-8-23(35)38)28(42)33-10-12-46-13-14-47-19-6-5-18(16-48-31(45)32(2,3)4)20(15-19)49-30-26(41)24(39)25(40)27(50-30)29(43)44;1-32(2,3)31(43)46-18-19-8-9-20(17-21(19)47-30-27(40)25(38)26(39)28(48-30)29(41)42)45-16-15-44-14-12-33-22(35)7-5-4-6-13-34-23(36)10-11-24(34)37;1-29(2,3)28(40)43-15-16-4-5-17(14-18(16)44-27-24(37)22(35)23(36)25(45-27)26(38)39)42-13-12-41-11-9-30-19(32)8-10-31-20(33)6-7-21(31)34;1-4(2)3/h5-8,15,17,24-27,30,39-41H,9-14,16H2,1-4H3,(H,33,42)(H,34,36)(H,43,44);8-11,17,25-28,30,38-40H,4-7,12-16,18H2,1-3H3,(H,33,35)(H,41,42);4-7,14,22-25,27,35-37H,8-13,15H2,1-3H3,(H,30,32)(H,38,39);/t17-,24+,25+,26-,27+,30-;25-,26-,27+,28-,30+;22-,23-,24+,25-,27+;/m100./s1. The lowest BCUT2D eigenvalue weighted by molar-refractivity contribution is -0.271. The van der Waals surface area contributed by atoms with Crippen molar-refractivity contribution in [2.75, 3.05) is 98.7 Å². The number of imide groups is 3. The second kappa shape index (κ2) is 59.0. The number of esters is 3. The number of unbranched alkanes of at least 4 members (excludes halogenated alkanes) is 2. The number of amides is 10. The summed E-state index contributed by atoms with van der Waals surface area (Å²) in [6, 6.07) is 12.5. The molecule has 814 valence electrons. The van der Waals surface area contributed by atoms with Crippen molar-refractivity contribution >= 4 is 105 Å². The van der Waals surface area contributed by atoms with Gasteiger partial charge in [0.15, 0.2) is 18.3 Å². The minimum atomic E-state index is -3.11. The predicted octanol–water partition coefficient (Wildman–Crippen LogP) is -3.71. The number of benzene rings is 3. The molecule has 0 aliphatic carbocycles. The van der Waals surface area contributed by atoms with E-state index >= 15 is 0 Å². The molecule has 3 aromatic carbocycles. The molecule has 3 aromatic rings. The van der Waals surface area contributed by atoms with E-state index in [9.17, 15) is 138 Å². The maximum atomic E-state index is 12.3. The number of aliphatic hydroxyl groups is 9. The van der Waals surface area contributed by atoms with E-state index in [0.29, 0.717) is 48.9 Å². The molecule has 0 saturated carbocycles. The van der Waals surface area contributed by atoms with Crippen molar-refractivity contribution in [3.63, 3.8) is 0 Å². The Hall–Kier alpha value is -13.2. The Morgan fingerprint density at radius 2 is 0.639 bits per heavy atom. The highest BCUT2D eigenvalue weighted by atomic mass is 32.2. The van der Waals surface area contributed by atoms with Gasteiger partial charge < -0.3 is 154 Å². The van der Waals surface area contributed by atoms with Gasteiger partial charge in [0.05, 0.1) is 55.9 Å². The SMILES string of the molecule is CC(C)(C)C(=O)OCc1ccc(OCCOCCNC(=O)CCCCCN2C(=O)C=CC2=O)cc1O[C@@H]1O[C@H](C(=O)O)[C@@H](O)[C@H](O)[C@H]1O.CC(C)(C)C(=O)OCc1ccc(OCCOCCNC(=O)CCN2C(=O)C=CC2=O)cc1O[C@@H]1O[C@H](C(=O)O)[C@@H](O)[C@H](O)[C@H]1O.C[C@@H](NC(=O)CCN1C(=O)C=CC1=O)C(=O)NCCOCCOc1ccc(COC(=O)C(C)(C)C)c(O[C@@H]2O[C@H](C(=O)O)[C@@H](O)[C@H](O)[C@H]2O)c1.O=S(=O)=O. The number of carbonyl (C=O) groups excluding carboxylic acids is 13. The van der Waals surface area contributed by atoms with E-state index in [4.69, 9.17) is 83.7 Å². The van der Waals surface area contributed by atoms with Crippen molar-refractivity contribution in [1.29, 1.82) is 0 Å². The van der Waals surface area contributed by atoms with Crippen LogP contribution in [0.3, 0.4) is 0 Å². The molecule has 0 aromatic heterocycles. The third-order valence-electron chi connectivity index (χ3n) is 21.3. The number of ether oxygens (including phenoxy) is 15. The van der Waals surface area contributed by atoms with Gasteiger partial charge in [-0.1, -0.05) is 6.42 Å². The number of nitrogens with zero attached hydrogens (tertiary/aromatic N) is 3. The Morgan fingerprint density at radius 1 is 0.361 bits per heavy atom. The first-order valence-corrected chi connectivity index (χ1v) is 46.9. The molecule has 53 nitrogen and oxygen atoms in total. The third kappa shape index (κ3) is 40.2. The second-order valence-corrected chi connectivity index (χ2v) is 36.4. The topological polar surface area (TPSA) is 763 Å². The number of hydrogen-bond acceptors (Lipinski definition) is 43. The van der Waals surface area contributed by atoms with Crippen molar-refractivity contribution in [3.8, 4) is 34.5 Å². The normalized spacial score (nSPS) is 22.3. The van der Waals surface area contributed by atoms with Crippen LogP contribution in [-0.2, 0) is 150 Å². The number of nitrogens with one attached hydrogen (secondary N) is 4. The van der Waals surface area contributed by atoms with Crippen molar-refractivity contribution in [2.45, 2.75) is 226 Å². The monoisotopic (exact) mass is 2110 g/mol. The van der Waals surface area contributed by atoms with Gasteiger partial charge in [-0.2, -0.15) is 0 Å². The zero-order valence-corrected chi connectivity index (χ0v) is 82.7. The number of carbonyl (C=O) groups is 16. The van der Waals surface area contributed by atoms with Gasteiger partial charge in [0, 0.05) is 130 Å². The van der Waals surface area contributed by atoms with Gasteiger partial charge in [-0.3, -0.25) is 77.0 Å². The third-order valence-corrected chi connectivity index (χ3v) is 21.3. The molecule has 3 fully saturated rings. The summed E-state index contributed by atoms with van der Waals surface area (Å²) in [6.07, 6.45) is -18.6. The predicted molar refractivity (Wildman–Crippen MR) is 492 cm³/mol. The van der Waals surface area contributed by atoms with E-state index in [1.165, 1.54) is 66.4 Å². The van der Waals surface area contributed by atoms with E-state index in [2.05, 4.69) is 21.3 Å². The van der Waals surface area contributed by atoms with Crippen molar-refractivity contribution in [1.82, 2.24) is 36.0 Å². The van der Waals surface area contributed by atoms with Crippen LogP contribution >= 0.6 is 0 Å². The Labute approximate surface area is 842 Å². The first kappa shape index (κ1) is 123. The summed E-state index contributed by atoms with van der Waals surface area (Å²) in [7, 11) is -3.11. The molecule has 16 N–H and O–H groups in total. The molecule has 0 unspecified atom stereocenters. The fourth-order valence-electron chi connectivity index (χ4n) is 13.0. The largest absolute Gasteiger partial charge is 0.491 e. The number of rotatable bonds is 50. The van der Waals surface area contributed by atoms with Crippen molar-refractivity contribution in [2.24, 2.45) is 16.2 Å². The van der Waals surface area contributed by atoms with Crippen LogP contribution in [0.5, 0.6) is 34.5 Å². The maximum absolute atomic E-state index is 12.3. The molecular formula is C93H125N7O46S. The van der Waals surface area contributed by atoms with Gasteiger partial charge in [0.1, 0.15) is 135 Å². The number of aliphatic hydroxyl groups excluding tert-OH is 9. The highest BCUT2D eigenvalue weighted by molar-refractivity contribution is 7.59. The minimum absolute atomic E-state index is 0.00431. The Balaban J connectivity index is 0.000000331. The zero-order chi connectivity index (χ0) is 109. The van der Waals surface area contributed by atoms with Gasteiger partial charge >= 0.3 is 46.4 Å². The summed E-state index contributed by atoms with van der Waals surface area (Å²) in [6.45, 7) is 17.6. The highest BCUT2D eigenvalue weighted by Crippen LogP contribution is 2.36. The van der Waals surface area contributed by atoms with E-state index < -0.39 is 196 Å². The number of aliphatic carboxylic acids is 3. The first-order chi connectivity index (χ1) is 69.1. The van der Waals surface area contributed by atoms with Crippen LogP contribution in [0.15, 0.2) is 91.1 Å². The molecule has 0 bridgehead atoms. The van der Waals surface area contributed by atoms with E-state index in [1.807, 2.05) is 0 Å². The molecular weight excluding hydrogens is 1980 g/mol. The fraction of sp³-hybridized carbons (Fsp3) is 0.570. The van der Waals surface area contributed by atoms with Crippen LogP contribution < -0.4 is 49.7 Å². The number of hydrogen-bond donors (Lipinski definition) is 16. The van der Waals surface area contributed by atoms with Gasteiger partial charge in [-0.25, -0.2) is 14.4 Å². The molecule has 10 amide bonds. The minimum Gasteiger partial charge on any atom is -0.491 e. The van der Waals surface area contributed by atoms with Crippen LogP contribution in [0.25, 0.3) is 0 Å². The van der Waals surface area contributed by atoms with Gasteiger partial charge in [-0.05, 0) is 118 Å². The van der Waals surface area contributed by atoms with Gasteiger partial charge in [0.25, 0.3) is 35.4 Å². The van der Waals surface area contributed by atoms with Crippen molar-refractivity contribution < 1.29 is 222 Å². The average molecular weight is 2110 g/mol. The smallest absolute Gasteiger partial charge is 0.425 e. The summed E-state index contributed by atoms with van der Waals surface area (Å²) in [5.74, 6) is -9.55. The summed E-state index contributed by atoms with van der Waals surface area (Å²) in [5, 5.41) is 130. The number of carboxylic acids is 3. The quantitative estimate of drug-likeness (QED) is 0.0112. The molecule has 147 heavy (non-hydrogen) atoms. The average Bonchev–Trinajstić information content (AvgIpc) is 0.918. The van der Waals surface area contributed by atoms with Crippen molar-refractivity contribution in [3.05, 3.63) is 108 Å². The molecule has 0 spiro atoms. The first-order valence-electron chi connectivity index (χ1n) is 45.9. The summed E-state index contributed by atoms with van der Waals surface area (Å²) >= 11 is 0. The number of carboxylic acid groups (broad SMARTS) is 3. The molecule has 3 saturated heterocycles. The van der Waals surface area contributed by atoms with Gasteiger partial charge in [-0.15, -0.1) is 12.6 Å². The molecule has 0 radical (unpaired) electrons. The Morgan fingerprint density at radius 3 is 0.932 bits per heavy atom. The van der Waals surface area contributed by atoms with E-state index in [-0.39, 0.29) is 183 Å². The summed E-state index contributed by atoms with van der Waals surface area (Å²) < 4.78 is 108. The zero-order valence-electron chi connectivity index (χ0n) is 81.9. The van der Waals surface area contributed by atoms with Crippen LogP contribution in [-0.4, -0.2) is 380 Å². The molecule has 6 aliphatic rings. The maximum Gasteiger partial charge on any atom is 0.425 e. The Kier molecular flexibility index (Phi) is 49.1. The highest BCUT2D eigenvalue weighted by Gasteiger charge is 2.52. The molecule has 16 atom stereocenters. The molecule has 6 aliphatic heterocycles. The van der Waals surface area contributed by atoms with Crippen LogP contribution in [0, 0.1) is 16.2 Å². The lowest BCUT2D eigenvalue weighted by atomic mass is 9.97. The Bertz CT molecular complexity index is 5210. The summed E-state index contributed by atoms with van der Waals surface area (Å²) in [4.78, 5) is 192. The summed E-state index contributed by atoms with van der Waals surface area (Å²) in [5.41, 5.74) is -1.46. The van der Waals surface area contributed by atoms with E-state index in [1.54, 1.807) is 74.4 Å². The fourth-order valence-corrected chi connectivity index (χ4v) is 13.0. The van der Waals surface area contributed by atoms with Crippen LogP contribution in [0.1, 0.15) is 124 Å². The van der Waals surface area contributed by atoms with Crippen LogP contribution in [0.2, 0.25) is 0 Å². The second-order valence-electron chi connectivity index (χ2n) is 36.0. The van der Waals surface area contributed by atoms with Crippen LogP contribution in [0.4, 0.5) is 0 Å². The van der Waals surface area contributed by atoms with E-state index in [0.717, 1.165) is 34.1 Å². The molecule has 9 rings (SSSR count).